The summed E-state index contributed by atoms with van der Waals surface area (Å²) < 4.78 is 2.80. The van der Waals surface area contributed by atoms with Gasteiger partial charge < -0.3 is 4.57 Å². The molecule has 0 saturated carbocycles. The standard InChI is InChI=1S/C27H21ClN2OS3/c1-17-22(15-25-26(31)30(27(32)34-25)19-9-7-10-20(14-19)33-2)21-11-4-6-13-24(21)29(17)16-18-8-3-5-12-23(18)28/h3-15H,16H2,1-2H3/b25-15-. The molecule has 0 spiro atoms. The van der Waals surface area contributed by atoms with Crippen LogP contribution in [0, 0.1) is 6.92 Å². The van der Waals surface area contributed by atoms with Crippen molar-refractivity contribution in [1.82, 2.24) is 4.57 Å². The Morgan fingerprint density at radius 2 is 1.82 bits per heavy atom. The van der Waals surface area contributed by atoms with Gasteiger partial charge in [-0.3, -0.25) is 9.69 Å². The first kappa shape index (κ1) is 23.2. The number of amides is 1. The van der Waals surface area contributed by atoms with Crippen LogP contribution in [0.15, 0.2) is 82.6 Å². The normalized spacial score (nSPS) is 15.1. The van der Waals surface area contributed by atoms with Crippen LogP contribution >= 0.6 is 47.3 Å². The van der Waals surface area contributed by atoms with E-state index in [0.717, 1.165) is 43.3 Å². The van der Waals surface area contributed by atoms with Gasteiger partial charge in [0, 0.05) is 38.6 Å². The zero-order chi connectivity index (χ0) is 23.8. The Kier molecular flexibility index (Phi) is 6.58. The molecule has 1 aliphatic heterocycles. The average molecular weight is 521 g/mol. The molecule has 1 fully saturated rings. The van der Waals surface area contributed by atoms with Gasteiger partial charge in [-0.05, 0) is 55.2 Å². The molecule has 0 atom stereocenters. The third-order valence-corrected chi connectivity index (χ3v) is 8.34. The van der Waals surface area contributed by atoms with E-state index in [0.29, 0.717) is 15.8 Å². The number of anilines is 1. The van der Waals surface area contributed by atoms with Gasteiger partial charge in [-0.2, -0.15) is 0 Å². The number of hydrogen-bond donors (Lipinski definition) is 0. The zero-order valence-electron chi connectivity index (χ0n) is 18.6. The van der Waals surface area contributed by atoms with Crippen molar-refractivity contribution < 1.29 is 4.79 Å². The van der Waals surface area contributed by atoms with E-state index in [9.17, 15) is 4.79 Å². The monoisotopic (exact) mass is 520 g/mol. The molecule has 3 nitrogen and oxygen atoms in total. The number of aromatic nitrogens is 1. The predicted molar refractivity (Wildman–Crippen MR) is 151 cm³/mol. The lowest BCUT2D eigenvalue weighted by Gasteiger charge is -2.15. The highest BCUT2D eigenvalue weighted by molar-refractivity contribution is 8.27. The van der Waals surface area contributed by atoms with Crippen LogP contribution in [0.4, 0.5) is 5.69 Å². The summed E-state index contributed by atoms with van der Waals surface area (Å²) >= 11 is 15.1. The number of thioether (sulfide) groups is 2. The number of carbonyl (C=O) groups excluding carboxylic acids is 1. The highest BCUT2D eigenvalue weighted by atomic mass is 35.5. The van der Waals surface area contributed by atoms with Crippen molar-refractivity contribution in [3.05, 3.63) is 99.5 Å². The Hall–Kier alpha value is -2.51. The molecule has 3 aromatic carbocycles. The number of hydrogen-bond acceptors (Lipinski definition) is 4. The summed E-state index contributed by atoms with van der Waals surface area (Å²) in [6.45, 7) is 2.74. The second kappa shape index (κ2) is 9.62. The van der Waals surface area contributed by atoms with E-state index in [2.05, 4.69) is 23.6 Å². The Morgan fingerprint density at radius 1 is 1.06 bits per heavy atom. The lowest BCUT2D eigenvalue weighted by atomic mass is 10.1. The maximum absolute atomic E-state index is 13.4. The molecule has 0 N–H and O–H groups in total. The zero-order valence-corrected chi connectivity index (χ0v) is 21.8. The third kappa shape index (κ3) is 4.20. The molecule has 0 unspecified atom stereocenters. The Bertz CT molecular complexity index is 1470. The summed E-state index contributed by atoms with van der Waals surface area (Å²) in [5, 5.41) is 1.84. The van der Waals surface area contributed by atoms with Gasteiger partial charge in [-0.25, -0.2) is 0 Å². The molecule has 0 radical (unpaired) electrons. The summed E-state index contributed by atoms with van der Waals surface area (Å²) in [5.74, 6) is -0.0874. The van der Waals surface area contributed by atoms with Crippen LogP contribution in [0.5, 0.6) is 0 Å². The van der Waals surface area contributed by atoms with Crippen molar-refractivity contribution in [3.63, 3.8) is 0 Å². The first-order valence-electron chi connectivity index (χ1n) is 10.7. The van der Waals surface area contributed by atoms with Crippen LogP contribution < -0.4 is 4.90 Å². The number of halogens is 1. The second-order valence-corrected chi connectivity index (χ2v) is 10.9. The molecule has 0 aliphatic carbocycles. The van der Waals surface area contributed by atoms with E-state index in [1.807, 2.05) is 73.0 Å². The molecular formula is C27H21ClN2OS3. The number of benzene rings is 3. The molecule has 4 aromatic rings. The fourth-order valence-electron chi connectivity index (χ4n) is 4.21. The number of thiocarbonyl (C=S) groups is 1. The lowest BCUT2D eigenvalue weighted by molar-refractivity contribution is -0.113. The largest absolute Gasteiger partial charge is 0.340 e. The van der Waals surface area contributed by atoms with Gasteiger partial charge in [0.2, 0.25) is 0 Å². The minimum absolute atomic E-state index is 0.0874. The predicted octanol–water partition coefficient (Wildman–Crippen LogP) is 7.78. The minimum atomic E-state index is -0.0874. The lowest BCUT2D eigenvalue weighted by Crippen LogP contribution is -2.27. The van der Waals surface area contributed by atoms with Gasteiger partial charge in [0.15, 0.2) is 4.32 Å². The molecular weight excluding hydrogens is 500 g/mol. The summed E-state index contributed by atoms with van der Waals surface area (Å²) in [4.78, 5) is 16.8. The molecule has 1 amide bonds. The van der Waals surface area contributed by atoms with Gasteiger partial charge in [-0.1, -0.05) is 78.0 Å². The van der Waals surface area contributed by atoms with E-state index in [4.69, 9.17) is 23.8 Å². The number of carbonyl (C=O) groups is 1. The van der Waals surface area contributed by atoms with Crippen LogP contribution in [0.25, 0.3) is 17.0 Å². The first-order chi connectivity index (χ1) is 16.5. The first-order valence-corrected chi connectivity index (χ1v) is 13.5. The van der Waals surface area contributed by atoms with Crippen LogP contribution in [-0.2, 0) is 11.3 Å². The van der Waals surface area contributed by atoms with Gasteiger partial charge in [0.05, 0.1) is 10.6 Å². The van der Waals surface area contributed by atoms with Gasteiger partial charge in [-0.15, -0.1) is 11.8 Å². The smallest absolute Gasteiger partial charge is 0.270 e. The van der Waals surface area contributed by atoms with Crippen LogP contribution in [-0.4, -0.2) is 21.1 Å². The van der Waals surface area contributed by atoms with E-state index in [1.54, 1.807) is 16.7 Å². The topological polar surface area (TPSA) is 25.2 Å². The maximum Gasteiger partial charge on any atom is 0.270 e. The quantitative estimate of drug-likeness (QED) is 0.152. The van der Waals surface area contributed by atoms with E-state index >= 15 is 0 Å². The van der Waals surface area contributed by atoms with Crippen molar-refractivity contribution in [2.75, 3.05) is 11.2 Å². The number of rotatable bonds is 5. The van der Waals surface area contributed by atoms with Crippen molar-refractivity contribution in [2.45, 2.75) is 18.4 Å². The highest BCUT2D eigenvalue weighted by Crippen LogP contribution is 2.39. The van der Waals surface area contributed by atoms with Crippen LogP contribution in [0.2, 0.25) is 5.02 Å². The van der Waals surface area contributed by atoms with Crippen molar-refractivity contribution in [2.24, 2.45) is 0 Å². The van der Waals surface area contributed by atoms with E-state index < -0.39 is 0 Å². The Morgan fingerprint density at radius 3 is 2.62 bits per heavy atom. The summed E-state index contributed by atoms with van der Waals surface area (Å²) in [6, 6.07) is 24.1. The van der Waals surface area contributed by atoms with Gasteiger partial charge >= 0.3 is 0 Å². The molecule has 5 rings (SSSR count). The molecule has 1 aromatic heterocycles. The van der Waals surface area contributed by atoms with Crippen LogP contribution in [0.3, 0.4) is 0 Å². The summed E-state index contributed by atoms with van der Waals surface area (Å²) in [6.07, 6.45) is 4.00. The van der Waals surface area contributed by atoms with Crippen molar-refractivity contribution in [1.29, 1.82) is 0 Å². The van der Waals surface area contributed by atoms with Gasteiger partial charge in [0.1, 0.15) is 0 Å². The average Bonchev–Trinajstić information content (AvgIpc) is 3.28. The third-order valence-electron chi connectivity index (χ3n) is 5.95. The number of nitrogens with zero attached hydrogens (tertiary/aromatic N) is 2. The molecule has 170 valence electrons. The fourth-order valence-corrected chi connectivity index (χ4v) is 6.14. The molecule has 7 heteroatoms. The number of para-hydroxylation sites is 1. The highest BCUT2D eigenvalue weighted by Gasteiger charge is 2.34. The number of fused-ring (bicyclic) bond motifs is 1. The Balaban J connectivity index is 1.57. The Labute approximate surface area is 217 Å². The SMILES string of the molecule is CSc1cccc(N2C(=O)/C(=C/c3c(C)n(Cc4ccccc4Cl)c4ccccc34)SC2=S)c1. The molecule has 34 heavy (non-hydrogen) atoms. The van der Waals surface area contributed by atoms with Crippen molar-refractivity contribution >= 4 is 80.2 Å². The summed E-state index contributed by atoms with van der Waals surface area (Å²) in [5.41, 5.74) is 5.07. The van der Waals surface area contributed by atoms with E-state index in [1.165, 1.54) is 11.8 Å². The van der Waals surface area contributed by atoms with E-state index in [-0.39, 0.29) is 5.91 Å². The molecule has 1 aliphatic rings. The summed E-state index contributed by atoms with van der Waals surface area (Å²) in [7, 11) is 0. The molecule has 2 heterocycles. The maximum atomic E-state index is 13.4. The van der Waals surface area contributed by atoms with Crippen LogP contribution in [0.1, 0.15) is 16.8 Å². The molecule has 0 bridgehead atoms. The molecule has 1 saturated heterocycles. The minimum Gasteiger partial charge on any atom is -0.340 e. The van der Waals surface area contributed by atoms with Gasteiger partial charge in [0.25, 0.3) is 5.91 Å². The fraction of sp³-hybridized carbons (Fsp3) is 0.111. The second-order valence-electron chi connectivity index (χ2n) is 7.91. The van der Waals surface area contributed by atoms with Crippen molar-refractivity contribution in [3.8, 4) is 0 Å².